The first-order valence-corrected chi connectivity index (χ1v) is 11.9. The summed E-state index contributed by atoms with van der Waals surface area (Å²) in [5, 5.41) is 15.3. The molecule has 2 aromatic heterocycles. The van der Waals surface area contributed by atoms with Gasteiger partial charge in [0, 0.05) is 38.2 Å². The van der Waals surface area contributed by atoms with Crippen LogP contribution in [0.3, 0.4) is 0 Å². The van der Waals surface area contributed by atoms with Crippen LogP contribution >= 0.6 is 0 Å². The van der Waals surface area contributed by atoms with Gasteiger partial charge < -0.3 is 9.42 Å². The molecule has 0 saturated carbocycles. The summed E-state index contributed by atoms with van der Waals surface area (Å²) in [6.45, 7) is 6.26. The molecule has 1 fully saturated rings. The molecule has 1 saturated heterocycles. The van der Waals surface area contributed by atoms with Crippen LogP contribution in [-0.4, -0.2) is 78.8 Å². The van der Waals surface area contributed by atoms with Crippen LogP contribution in [0.4, 0.5) is 0 Å². The van der Waals surface area contributed by atoms with Crippen LogP contribution in [0.1, 0.15) is 23.4 Å². The normalized spacial score (nSPS) is 14.4. The van der Waals surface area contributed by atoms with Crippen LogP contribution in [0, 0.1) is 6.92 Å². The summed E-state index contributed by atoms with van der Waals surface area (Å²) in [7, 11) is 0. The fourth-order valence-electron chi connectivity index (χ4n) is 4.18. The Balaban J connectivity index is 1.03. The lowest BCUT2D eigenvalue weighted by atomic mass is 10.1. The summed E-state index contributed by atoms with van der Waals surface area (Å²) < 4.78 is 7.02. The lowest BCUT2D eigenvalue weighted by molar-refractivity contribution is -0.132. The Morgan fingerprint density at radius 2 is 1.77 bits per heavy atom. The minimum Gasteiger partial charge on any atom is -0.340 e. The van der Waals surface area contributed by atoms with Gasteiger partial charge in [-0.15, -0.1) is 5.10 Å². The maximum absolute atomic E-state index is 12.8. The van der Waals surface area contributed by atoms with E-state index in [9.17, 15) is 4.79 Å². The number of nitrogens with zero attached hydrogens (tertiary/aromatic N) is 8. The predicted octanol–water partition coefficient (Wildman–Crippen LogP) is 2.34. The first-order chi connectivity index (χ1) is 17.1. The van der Waals surface area contributed by atoms with Crippen molar-refractivity contribution in [2.24, 2.45) is 0 Å². The molecular formula is C25H28N8O2. The molecule has 0 unspecified atom stereocenters. The molecule has 0 bridgehead atoms. The van der Waals surface area contributed by atoms with Gasteiger partial charge in [0.25, 0.3) is 0 Å². The molecule has 0 atom stereocenters. The van der Waals surface area contributed by atoms with Gasteiger partial charge in [-0.1, -0.05) is 47.1 Å². The van der Waals surface area contributed by atoms with Crippen molar-refractivity contribution in [3.63, 3.8) is 0 Å². The van der Waals surface area contributed by atoms with Crippen molar-refractivity contribution in [2.75, 3.05) is 32.7 Å². The van der Waals surface area contributed by atoms with Crippen molar-refractivity contribution in [2.45, 2.75) is 26.2 Å². The van der Waals surface area contributed by atoms with E-state index in [4.69, 9.17) is 4.52 Å². The summed E-state index contributed by atoms with van der Waals surface area (Å²) >= 11 is 0. The monoisotopic (exact) mass is 472 g/mol. The standard InChI is InChI=1S/C25H28N8O2/c1-19-4-8-21(9-5-19)25-27-23(35-28-25)3-2-12-31-13-15-32(16-14-31)24(34)17-20-6-10-22(11-7-20)33-18-26-29-30-33/h4-11,18H,2-3,12-17H2,1H3. The van der Waals surface area contributed by atoms with Gasteiger partial charge in [0.05, 0.1) is 12.1 Å². The number of carbonyl (C=O) groups is 1. The van der Waals surface area contributed by atoms with Crippen LogP contribution in [0.5, 0.6) is 0 Å². The molecule has 1 amide bonds. The largest absolute Gasteiger partial charge is 0.340 e. The number of aromatic nitrogens is 6. The van der Waals surface area contributed by atoms with Crippen LogP contribution in [-0.2, 0) is 17.6 Å². The second-order valence-corrected chi connectivity index (χ2v) is 8.80. The summed E-state index contributed by atoms with van der Waals surface area (Å²) in [5.74, 6) is 1.46. The molecule has 1 aliphatic rings. The summed E-state index contributed by atoms with van der Waals surface area (Å²) in [5.41, 5.74) is 4.02. The molecule has 0 radical (unpaired) electrons. The van der Waals surface area contributed by atoms with E-state index in [1.807, 2.05) is 53.4 Å². The zero-order valence-corrected chi connectivity index (χ0v) is 19.7. The van der Waals surface area contributed by atoms with Gasteiger partial charge >= 0.3 is 0 Å². The molecule has 3 heterocycles. The maximum atomic E-state index is 12.8. The van der Waals surface area contributed by atoms with Crippen LogP contribution in [0.25, 0.3) is 17.1 Å². The van der Waals surface area contributed by atoms with E-state index in [1.165, 1.54) is 5.56 Å². The molecule has 1 aliphatic heterocycles. The molecule has 0 spiro atoms. The highest BCUT2D eigenvalue weighted by Crippen LogP contribution is 2.17. The number of hydrogen-bond acceptors (Lipinski definition) is 8. The molecule has 0 aliphatic carbocycles. The predicted molar refractivity (Wildman–Crippen MR) is 129 cm³/mol. The first-order valence-electron chi connectivity index (χ1n) is 11.9. The molecule has 35 heavy (non-hydrogen) atoms. The van der Waals surface area contributed by atoms with E-state index < -0.39 is 0 Å². The zero-order chi connectivity index (χ0) is 24.0. The number of piperazine rings is 1. The van der Waals surface area contributed by atoms with E-state index in [1.54, 1.807) is 11.0 Å². The number of benzene rings is 2. The molecule has 2 aromatic carbocycles. The van der Waals surface area contributed by atoms with Crippen molar-refractivity contribution in [1.82, 2.24) is 40.1 Å². The number of hydrogen-bond donors (Lipinski definition) is 0. The van der Waals surface area contributed by atoms with Crippen molar-refractivity contribution in [3.05, 3.63) is 71.9 Å². The van der Waals surface area contributed by atoms with E-state index >= 15 is 0 Å². The molecule has 10 nitrogen and oxygen atoms in total. The summed E-state index contributed by atoms with van der Waals surface area (Å²) in [6.07, 6.45) is 3.64. The average molecular weight is 473 g/mol. The van der Waals surface area contributed by atoms with Gasteiger partial charge in [0.15, 0.2) is 0 Å². The smallest absolute Gasteiger partial charge is 0.227 e. The summed E-state index contributed by atoms with van der Waals surface area (Å²) in [6, 6.07) is 15.9. The maximum Gasteiger partial charge on any atom is 0.227 e. The van der Waals surface area contributed by atoms with E-state index in [-0.39, 0.29) is 5.91 Å². The van der Waals surface area contributed by atoms with Crippen molar-refractivity contribution in [1.29, 1.82) is 0 Å². The first kappa shape index (κ1) is 22.9. The van der Waals surface area contributed by atoms with Crippen LogP contribution in [0.2, 0.25) is 0 Å². The van der Waals surface area contributed by atoms with Gasteiger partial charge in [0.1, 0.15) is 6.33 Å². The highest BCUT2D eigenvalue weighted by atomic mass is 16.5. The van der Waals surface area contributed by atoms with E-state index in [0.29, 0.717) is 18.1 Å². The van der Waals surface area contributed by atoms with Gasteiger partial charge in [-0.05, 0) is 48.0 Å². The lowest BCUT2D eigenvalue weighted by Crippen LogP contribution is -2.49. The lowest BCUT2D eigenvalue weighted by Gasteiger charge is -2.34. The van der Waals surface area contributed by atoms with Crippen molar-refractivity contribution in [3.8, 4) is 17.1 Å². The van der Waals surface area contributed by atoms with E-state index in [0.717, 1.165) is 62.4 Å². The average Bonchev–Trinajstić information content (AvgIpc) is 3.58. The fraction of sp³-hybridized carbons (Fsp3) is 0.360. The zero-order valence-electron chi connectivity index (χ0n) is 19.7. The Bertz CT molecular complexity index is 1230. The molecule has 10 heteroatoms. The third-order valence-electron chi connectivity index (χ3n) is 6.27. The van der Waals surface area contributed by atoms with Gasteiger partial charge in [-0.2, -0.15) is 4.98 Å². The fourth-order valence-corrected chi connectivity index (χ4v) is 4.18. The molecule has 0 N–H and O–H groups in total. The van der Waals surface area contributed by atoms with Gasteiger partial charge in [-0.25, -0.2) is 4.68 Å². The van der Waals surface area contributed by atoms with Crippen LogP contribution < -0.4 is 0 Å². The highest BCUT2D eigenvalue weighted by molar-refractivity contribution is 5.79. The quantitative estimate of drug-likeness (QED) is 0.385. The molecular weight excluding hydrogens is 444 g/mol. The second-order valence-electron chi connectivity index (χ2n) is 8.80. The minimum absolute atomic E-state index is 0.161. The Labute approximate surface area is 203 Å². The Kier molecular flexibility index (Phi) is 6.89. The molecule has 4 aromatic rings. The minimum atomic E-state index is 0.161. The number of amides is 1. The van der Waals surface area contributed by atoms with Crippen LogP contribution in [0.15, 0.2) is 59.4 Å². The van der Waals surface area contributed by atoms with Crippen molar-refractivity contribution < 1.29 is 9.32 Å². The Hall–Kier alpha value is -3.92. The topological polar surface area (TPSA) is 106 Å². The van der Waals surface area contributed by atoms with Crippen molar-refractivity contribution >= 4 is 5.91 Å². The number of carbonyl (C=O) groups excluding carboxylic acids is 1. The Morgan fingerprint density at radius 3 is 2.49 bits per heavy atom. The van der Waals surface area contributed by atoms with E-state index in [2.05, 4.69) is 37.5 Å². The van der Waals surface area contributed by atoms with Gasteiger partial charge in [-0.3, -0.25) is 9.69 Å². The number of tetrazole rings is 1. The number of aryl methyl sites for hydroxylation is 2. The SMILES string of the molecule is Cc1ccc(-c2noc(CCCN3CCN(C(=O)Cc4ccc(-n5cnnn5)cc4)CC3)n2)cc1. The third-order valence-corrected chi connectivity index (χ3v) is 6.27. The summed E-state index contributed by atoms with van der Waals surface area (Å²) in [4.78, 5) is 21.6. The Morgan fingerprint density at radius 1 is 1.00 bits per heavy atom. The second kappa shape index (κ2) is 10.6. The van der Waals surface area contributed by atoms with Gasteiger partial charge in [0.2, 0.25) is 17.6 Å². The third kappa shape index (κ3) is 5.78. The number of rotatable bonds is 8. The molecule has 180 valence electrons. The highest BCUT2D eigenvalue weighted by Gasteiger charge is 2.21. The molecule has 5 rings (SSSR count).